The van der Waals surface area contributed by atoms with E-state index in [1.165, 1.54) is 11.3 Å². The molecule has 35 heavy (non-hydrogen) atoms. The van der Waals surface area contributed by atoms with E-state index in [4.69, 9.17) is 18.9 Å². The first-order chi connectivity index (χ1) is 17.2. The van der Waals surface area contributed by atoms with Crippen LogP contribution < -0.4 is 29.2 Å². The smallest absolute Gasteiger partial charge is 0.203 e. The standard InChI is InChI=1S/C28H35N3O4/c1-5-35-24-8-6-22(7-9-24)31(23-11-13-29-14-12-23)19-20-10-15-30-25(16-20)21-17-26(32-2)28(34-4)27(18-21)33-3/h6-10,15-18,23,29H,5,11-14,19H2,1-4H3. The first-order valence-electron chi connectivity index (χ1n) is 12.1. The van der Waals surface area contributed by atoms with Crippen LogP contribution >= 0.6 is 0 Å². The van der Waals surface area contributed by atoms with Crippen LogP contribution in [0.3, 0.4) is 0 Å². The molecule has 2 heterocycles. The molecular formula is C28H35N3O4. The lowest BCUT2D eigenvalue weighted by molar-refractivity contribution is 0.324. The normalized spacial score (nSPS) is 13.8. The van der Waals surface area contributed by atoms with E-state index in [1.54, 1.807) is 21.3 Å². The molecule has 1 aromatic heterocycles. The topological polar surface area (TPSA) is 65.1 Å². The Kier molecular flexibility index (Phi) is 8.32. The molecule has 0 bridgehead atoms. The van der Waals surface area contributed by atoms with Gasteiger partial charge in [0.05, 0.1) is 33.6 Å². The summed E-state index contributed by atoms with van der Waals surface area (Å²) in [5.74, 6) is 2.69. The Morgan fingerprint density at radius 2 is 1.60 bits per heavy atom. The number of nitrogens with zero attached hydrogens (tertiary/aromatic N) is 2. The summed E-state index contributed by atoms with van der Waals surface area (Å²) in [6.07, 6.45) is 4.09. The highest BCUT2D eigenvalue weighted by Crippen LogP contribution is 2.41. The molecule has 0 amide bonds. The molecule has 1 aliphatic rings. The first-order valence-corrected chi connectivity index (χ1v) is 12.1. The van der Waals surface area contributed by atoms with Crippen molar-refractivity contribution >= 4 is 5.69 Å². The number of rotatable bonds is 10. The van der Waals surface area contributed by atoms with Crippen LogP contribution in [0.15, 0.2) is 54.7 Å². The minimum Gasteiger partial charge on any atom is -0.494 e. The van der Waals surface area contributed by atoms with Crippen molar-refractivity contribution in [1.29, 1.82) is 0 Å². The van der Waals surface area contributed by atoms with Crippen LogP contribution in [0.5, 0.6) is 23.0 Å². The predicted octanol–water partition coefficient (Wildman–Crippen LogP) is 4.93. The van der Waals surface area contributed by atoms with Crippen LogP contribution in [0.1, 0.15) is 25.3 Å². The summed E-state index contributed by atoms with van der Waals surface area (Å²) in [5, 5.41) is 3.48. The second kappa shape index (κ2) is 11.8. The molecule has 0 spiro atoms. The van der Waals surface area contributed by atoms with Crippen LogP contribution in [0, 0.1) is 0 Å². The minimum absolute atomic E-state index is 0.465. The zero-order valence-corrected chi connectivity index (χ0v) is 21.0. The molecule has 1 fully saturated rings. The van der Waals surface area contributed by atoms with Gasteiger partial charge in [0.2, 0.25) is 5.75 Å². The molecule has 1 saturated heterocycles. The average molecular weight is 478 g/mol. The van der Waals surface area contributed by atoms with Crippen LogP contribution in [-0.2, 0) is 6.54 Å². The molecule has 0 radical (unpaired) electrons. The Morgan fingerprint density at radius 1 is 0.914 bits per heavy atom. The van der Waals surface area contributed by atoms with Crippen molar-refractivity contribution in [3.05, 3.63) is 60.3 Å². The van der Waals surface area contributed by atoms with Crippen molar-refractivity contribution < 1.29 is 18.9 Å². The molecule has 1 N–H and O–H groups in total. The number of hydrogen-bond acceptors (Lipinski definition) is 7. The fraction of sp³-hybridized carbons (Fsp3) is 0.393. The van der Waals surface area contributed by atoms with Crippen LogP contribution in [0.25, 0.3) is 11.3 Å². The van der Waals surface area contributed by atoms with E-state index in [-0.39, 0.29) is 0 Å². The molecule has 7 heteroatoms. The predicted molar refractivity (Wildman–Crippen MR) is 139 cm³/mol. The molecule has 0 atom stereocenters. The summed E-state index contributed by atoms with van der Waals surface area (Å²) < 4.78 is 22.2. The molecule has 4 rings (SSSR count). The molecular weight excluding hydrogens is 442 g/mol. The number of pyridine rings is 1. The maximum absolute atomic E-state index is 5.66. The van der Waals surface area contributed by atoms with E-state index in [9.17, 15) is 0 Å². The van der Waals surface area contributed by atoms with E-state index >= 15 is 0 Å². The SMILES string of the molecule is CCOc1ccc(N(Cc2ccnc(-c3cc(OC)c(OC)c(OC)c3)c2)C2CCNCC2)cc1. The number of anilines is 1. The van der Waals surface area contributed by atoms with E-state index in [1.807, 2.05) is 25.3 Å². The highest BCUT2D eigenvalue weighted by Gasteiger charge is 2.22. The van der Waals surface area contributed by atoms with Crippen molar-refractivity contribution in [3.63, 3.8) is 0 Å². The fourth-order valence-electron chi connectivity index (χ4n) is 4.61. The Morgan fingerprint density at radius 3 is 2.20 bits per heavy atom. The van der Waals surface area contributed by atoms with Gasteiger partial charge in [0.25, 0.3) is 0 Å². The molecule has 2 aromatic carbocycles. The van der Waals surface area contributed by atoms with E-state index in [2.05, 4.69) is 51.6 Å². The largest absolute Gasteiger partial charge is 0.494 e. The summed E-state index contributed by atoms with van der Waals surface area (Å²) in [7, 11) is 4.85. The molecule has 0 unspecified atom stereocenters. The van der Waals surface area contributed by atoms with Crippen molar-refractivity contribution in [2.24, 2.45) is 0 Å². The Balaban J connectivity index is 1.65. The summed E-state index contributed by atoms with van der Waals surface area (Å²) in [6.45, 7) is 5.53. The highest BCUT2D eigenvalue weighted by atomic mass is 16.5. The quantitative estimate of drug-likeness (QED) is 0.444. The Hall–Kier alpha value is -3.45. The van der Waals surface area contributed by atoms with Crippen molar-refractivity contribution in [2.45, 2.75) is 32.4 Å². The van der Waals surface area contributed by atoms with Gasteiger partial charge in [-0.1, -0.05) is 0 Å². The second-order valence-electron chi connectivity index (χ2n) is 8.50. The maximum atomic E-state index is 5.66. The molecule has 1 aliphatic heterocycles. The molecule has 0 saturated carbocycles. The zero-order chi connectivity index (χ0) is 24.6. The number of benzene rings is 2. The highest BCUT2D eigenvalue weighted by molar-refractivity contribution is 5.69. The van der Waals surface area contributed by atoms with Crippen molar-refractivity contribution in [2.75, 3.05) is 45.9 Å². The van der Waals surface area contributed by atoms with Gasteiger partial charge in [-0.2, -0.15) is 0 Å². The Labute approximate surface area is 208 Å². The van der Waals surface area contributed by atoms with Gasteiger partial charge in [-0.15, -0.1) is 0 Å². The average Bonchev–Trinajstić information content (AvgIpc) is 2.92. The van der Waals surface area contributed by atoms with E-state index in [0.717, 1.165) is 49.5 Å². The lowest BCUT2D eigenvalue weighted by Crippen LogP contribution is -2.43. The monoisotopic (exact) mass is 477 g/mol. The van der Waals surface area contributed by atoms with Gasteiger partial charge >= 0.3 is 0 Å². The Bertz CT molecular complexity index is 1070. The van der Waals surface area contributed by atoms with Crippen LogP contribution in [0.2, 0.25) is 0 Å². The van der Waals surface area contributed by atoms with Gasteiger partial charge in [-0.3, -0.25) is 4.98 Å². The number of methoxy groups -OCH3 is 3. The van der Waals surface area contributed by atoms with Gasteiger partial charge in [-0.05, 0) is 86.9 Å². The molecule has 7 nitrogen and oxygen atoms in total. The van der Waals surface area contributed by atoms with Gasteiger partial charge < -0.3 is 29.2 Å². The second-order valence-corrected chi connectivity index (χ2v) is 8.50. The van der Waals surface area contributed by atoms with E-state index in [0.29, 0.717) is 29.9 Å². The van der Waals surface area contributed by atoms with E-state index < -0.39 is 0 Å². The summed E-state index contributed by atoms with van der Waals surface area (Å²) >= 11 is 0. The third-order valence-electron chi connectivity index (χ3n) is 6.37. The number of ether oxygens (including phenoxy) is 4. The summed E-state index contributed by atoms with van der Waals surface area (Å²) in [6, 6.07) is 17.0. The fourth-order valence-corrected chi connectivity index (χ4v) is 4.61. The lowest BCUT2D eigenvalue weighted by atomic mass is 10.0. The van der Waals surface area contributed by atoms with Gasteiger partial charge in [0.1, 0.15) is 5.75 Å². The third kappa shape index (κ3) is 5.80. The van der Waals surface area contributed by atoms with Gasteiger partial charge in [0.15, 0.2) is 11.5 Å². The first kappa shape index (κ1) is 24.7. The summed E-state index contributed by atoms with van der Waals surface area (Å²) in [4.78, 5) is 7.15. The third-order valence-corrected chi connectivity index (χ3v) is 6.37. The van der Waals surface area contributed by atoms with Gasteiger partial charge in [-0.25, -0.2) is 0 Å². The zero-order valence-electron chi connectivity index (χ0n) is 21.0. The molecule has 3 aromatic rings. The number of nitrogens with one attached hydrogen (secondary N) is 1. The van der Waals surface area contributed by atoms with Gasteiger partial charge in [0, 0.05) is 30.0 Å². The maximum Gasteiger partial charge on any atom is 0.203 e. The van der Waals surface area contributed by atoms with Crippen LogP contribution in [0.4, 0.5) is 5.69 Å². The van der Waals surface area contributed by atoms with Crippen molar-refractivity contribution in [3.8, 4) is 34.3 Å². The molecule has 0 aliphatic carbocycles. The lowest BCUT2D eigenvalue weighted by Gasteiger charge is -2.36. The summed E-state index contributed by atoms with van der Waals surface area (Å²) in [5.41, 5.74) is 4.16. The minimum atomic E-state index is 0.465. The molecule has 186 valence electrons. The number of hydrogen-bond donors (Lipinski definition) is 1. The van der Waals surface area contributed by atoms with Crippen LogP contribution in [-0.4, -0.2) is 52.1 Å². The number of piperidine rings is 1. The van der Waals surface area contributed by atoms with Crippen molar-refractivity contribution in [1.82, 2.24) is 10.3 Å². The number of aromatic nitrogens is 1.